The quantitative estimate of drug-likeness (QED) is 0.635. The number of amides is 1. The van der Waals surface area contributed by atoms with E-state index in [1.165, 1.54) is 4.90 Å². The predicted octanol–water partition coefficient (Wildman–Crippen LogP) is 3.19. The minimum atomic E-state index is -3.11. The van der Waals surface area contributed by atoms with Crippen molar-refractivity contribution in [2.45, 2.75) is 52.5 Å². The highest BCUT2D eigenvalue weighted by atomic mass is 32.2. The molecule has 0 unspecified atom stereocenters. The first-order chi connectivity index (χ1) is 15.5. The number of likely N-dealkylation sites (N-methyl/N-ethyl adjacent to an activating group) is 1. The van der Waals surface area contributed by atoms with Gasteiger partial charge in [-0.1, -0.05) is 39.0 Å². The molecule has 0 saturated carbocycles. The number of pyridine rings is 1. The molecule has 1 fully saturated rings. The van der Waals surface area contributed by atoms with Gasteiger partial charge in [-0.2, -0.15) is 0 Å². The highest BCUT2D eigenvalue weighted by Gasteiger charge is 2.35. The van der Waals surface area contributed by atoms with Crippen LogP contribution in [0.5, 0.6) is 0 Å². The van der Waals surface area contributed by atoms with Crippen molar-refractivity contribution in [3.63, 3.8) is 0 Å². The molecule has 2 aliphatic rings. The van der Waals surface area contributed by atoms with Crippen LogP contribution in [0.1, 0.15) is 55.2 Å². The van der Waals surface area contributed by atoms with Crippen molar-refractivity contribution in [3.8, 4) is 0 Å². The van der Waals surface area contributed by atoms with E-state index in [1.54, 1.807) is 7.05 Å². The second-order valence-electron chi connectivity index (χ2n) is 10.4. The zero-order chi connectivity index (χ0) is 24.0. The maximum Gasteiger partial charge on any atom is 0.339 e. The van der Waals surface area contributed by atoms with E-state index >= 15 is 0 Å². The van der Waals surface area contributed by atoms with Crippen LogP contribution in [-0.4, -0.2) is 61.4 Å². The molecule has 0 bridgehead atoms. The van der Waals surface area contributed by atoms with E-state index < -0.39 is 28.3 Å². The van der Waals surface area contributed by atoms with Gasteiger partial charge in [0.2, 0.25) is 0 Å². The number of aromatic nitrogens is 1. The van der Waals surface area contributed by atoms with Crippen LogP contribution in [0.2, 0.25) is 0 Å². The Morgan fingerprint density at radius 1 is 1.18 bits per heavy atom. The maximum absolute atomic E-state index is 13.3. The summed E-state index contributed by atoms with van der Waals surface area (Å²) in [6, 6.07) is 7.16. The largest absolute Gasteiger partial charge is 0.452 e. The Kier molecular flexibility index (Phi) is 6.24. The number of carbonyl (C=O) groups is 2. The number of esters is 1. The number of nitrogens with zero attached hydrogens (tertiary/aromatic N) is 2. The molecule has 0 radical (unpaired) electrons. The average Bonchev–Trinajstić information content (AvgIpc) is 3.13. The summed E-state index contributed by atoms with van der Waals surface area (Å²) in [5.41, 5.74) is 3.21. The van der Waals surface area contributed by atoms with Crippen LogP contribution in [0.3, 0.4) is 0 Å². The highest BCUT2D eigenvalue weighted by Crippen LogP contribution is 2.39. The Hall–Kier alpha value is -2.48. The Morgan fingerprint density at radius 2 is 1.91 bits per heavy atom. The Labute approximate surface area is 195 Å². The molecule has 2 aromatic rings. The van der Waals surface area contributed by atoms with Crippen molar-refractivity contribution in [3.05, 3.63) is 41.1 Å². The number of para-hydroxylation sites is 1. The lowest BCUT2D eigenvalue weighted by molar-refractivity contribution is -0.134. The number of ether oxygens (including phenoxy) is 1. The van der Waals surface area contributed by atoms with Crippen molar-refractivity contribution in [1.82, 2.24) is 9.88 Å². The topological polar surface area (TPSA) is 93.6 Å². The second kappa shape index (κ2) is 8.70. The summed E-state index contributed by atoms with van der Waals surface area (Å²) in [5, 5.41) is 0.735. The number of hydrogen-bond acceptors (Lipinski definition) is 6. The molecule has 4 rings (SSSR count). The molecule has 178 valence electrons. The molecule has 1 aliphatic carbocycles. The van der Waals surface area contributed by atoms with Crippen LogP contribution in [0.15, 0.2) is 24.3 Å². The first-order valence-corrected chi connectivity index (χ1v) is 13.3. The summed E-state index contributed by atoms with van der Waals surface area (Å²) in [4.78, 5) is 32.2. The zero-order valence-electron chi connectivity index (χ0n) is 19.8. The van der Waals surface area contributed by atoms with Gasteiger partial charge in [0.1, 0.15) is 0 Å². The van der Waals surface area contributed by atoms with Gasteiger partial charge >= 0.3 is 5.97 Å². The molecule has 1 aromatic heterocycles. The third-order valence-corrected chi connectivity index (χ3v) is 8.91. The van der Waals surface area contributed by atoms with Crippen LogP contribution in [0.4, 0.5) is 0 Å². The molecule has 1 aliphatic heterocycles. The van der Waals surface area contributed by atoms with E-state index in [0.717, 1.165) is 41.4 Å². The summed E-state index contributed by atoms with van der Waals surface area (Å²) in [7, 11) is -1.54. The van der Waals surface area contributed by atoms with Gasteiger partial charge in [-0.05, 0) is 48.6 Å². The second-order valence-corrected chi connectivity index (χ2v) is 12.6. The van der Waals surface area contributed by atoms with Crippen molar-refractivity contribution < 1.29 is 22.7 Å². The SMILES string of the molecule is CN(C(=O)COC(=O)c1c2c(nc3ccccc13)CC[C@@H](C(C)(C)C)C2)[C@@H]1CCS(=O)(=O)C1. The number of hydrogen-bond donors (Lipinski definition) is 0. The van der Waals surface area contributed by atoms with E-state index in [-0.39, 0.29) is 23.0 Å². The molecule has 1 aromatic carbocycles. The maximum atomic E-state index is 13.3. The fourth-order valence-electron chi connectivity index (χ4n) is 4.95. The molecule has 0 N–H and O–H groups in total. The molecule has 33 heavy (non-hydrogen) atoms. The van der Waals surface area contributed by atoms with Crippen LogP contribution >= 0.6 is 0 Å². The van der Waals surface area contributed by atoms with Gasteiger partial charge in [0.15, 0.2) is 16.4 Å². The van der Waals surface area contributed by atoms with Crippen molar-refractivity contribution in [1.29, 1.82) is 0 Å². The first kappa shape index (κ1) is 23.7. The van der Waals surface area contributed by atoms with E-state index in [4.69, 9.17) is 9.72 Å². The van der Waals surface area contributed by atoms with Gasteiger partial charge in [0, 0.05) is 24.2 Å². The third kappa shape index (κ3) is 4.90. The van der Waals surface area contributed by atoms with Gasteiger partial charge in [-0.25, -0.2) is 13.2 Å². The van der Waals surface area contributed by atoms with Gasteiger partial charge in [-0.3, -0.25) is 9.78 Å². The van der Waals surface area contributed by atoms with E-state index in [0.29, 0.717) is 17.9 Å². The summed E-state index contributed by atoms with van der Waals surface area (Å²) < 4.78 is 29.0. The highest BCUT2D eigenvalue weighted by molar-refractivity contribution is 7.91. The number of fused-ring (bicyclic) bond motifs is 2. The predicted molar refractivity (Wildman–Crippen MR) is 127 cm³/mol. The fourth-order valence-corrected chi connectivity index (χ4v) is 6.72. The van der Waals surface area contributed by atoms with Gasteiger partial charge in [0.25, 0.3) is 5.91 Å². The number of carbonyl (C=O) groups excluding carboxylic acids is 2. The molecule has 7 nitrogen and oxygen atoms in total. The zero-order valence-corrected chi connectivity index (χ0v) is 20.6. The molecule has 2 atom stereocenters. The monoisotopic (exact) mass is 472 g/mol. The molecular weight excluding hydrogens is 440 g/mol. The lowest BCUT2D eigenvalue weighted by Crippen LogP contribution is -2.40. The minimum absolute atomic E-state index is 0.0418. The Bertz CT molecular complexity index is 1200. The number of rotatable bonds is 4. The Balaban J connectivity index is 1.58. The van der Waals surface area contributed by atoms with Crippen LogP contribution in [0, 0.1) is 11.3 Å². The van der Waals surface area contributed by atoms with Crippen molar-refractivity contribution in [2.75, 3.05) is 25.2 Å². The van der Waals surface area contributed by atoms with Crippen molar-refractivity contribution in [2.24, 2.45) is 11.3 Å². The summed E-state index contributed by atoms with van der Waals surface area (Å²) in [6.07, 6.45) is 2.98. The molecule has 8 heteroatoms. The van der Waals surface area contributed by atoms with Crippen LogP contribution in [-0.2, 0) is 32.2 Å². The van der Waals surface area contributed by atoms with Gasteiger partial charge < -0.3 is 9.64 Å². The lowest BCUT2D eigenvalue weighted by Gasteiger charge is -2.35. The van der Waals surface area contributed by atoms with Gasteiger partial charge in [0.05, 0.1) is 22.6 Å². The van der Waals surface area contributed by atoms with Crippen molar-refractivity contribution >= 4 is 32.6 Å². The van der Waals surface area contributed by atoms with Gasteiger partial charge in [-0.15, -0.1) is 0 Å². The molecule has 1 amide bonds. The summed E-state index contributed by atoms with van der Waals surface area (Å²) >= 11 is 0. The molecule has 1 saturated heterocycles. The average molecular weight is 473 g/mol. The van der Waals surface area contributed by atoms with E-state index in [2.05, 4.69) is 20.8 Å². The number of sulfone groups is 1. The fraction of sp³-hybridized carbons (Fsp3) is 0.560. The summed E-state index contributed by atoms with van der Waals surface area (Å²) in [5.74, 6) is -0.471. The lowest BCUT2D eigenvalue weighted by atomic mass is 9.70. The first-order valence-electron chi connectivity index (χ1n) is 11.5. The molecular formula is C25H32N2O5S. The number of aryl methyl sites for hydroxylation is 1. The minimum Gasteiger partial charge on any atom is -0.452 e. The number of benzene rings is 1. The smallest absolute Gasteiger partial charge is 0.339 e. The van der Waals surface area contributed by atoms with E-state index in [9.17, 15) is 18.0 Å². The summed E-state index contributed by atoms with van der Waals surface area (Å²) in [6.45, 7) is 6.23. The van der Waals surface area contributed by atoms with Crippen LogP contribution in [0.25, 0.3) is 10.9 Å². The third-order valence-electron chi connectivity index (χ3n) is 7.16. The standard InChI is InChI=1S/C25H32N2O5S/c1-25(2,3)16-9-10-21-19(13-16)23(18-7-5-6-8-20(18)26-21)24(29)32-14-22(28)27(4)17-11-12-33(30,31)15-17/h5-8,16-17H,9-15H2,1-4H3/t16-,17-/m1/s1. The Morgan fingerprint density at radius 3 is 2.58 bits per heavy atom. The van der Waals surface area contributed by atoms with E-state index in [1.807, 2.05) is 24.3 Å². The molecule has 0 spiro atoms. The van der Waals surface area contributed by atoms with Crippen LogP contribution < -0.4 is 0 Å². The molecule has 2 heterocycles. The normalized spacial score (nSPS) is 22.1.